The summed E-state index contributed by atoms with van der Waals surface area (Å²) in [6.45, 7) is 0.981. The summed E-state index contributed by atoms with van der Waals surface area (Å²) in [6.07, 6.45) is 1.99. The van der Waals surface area contributed by atoms with Crippen LogP contribution < -0.4 is 4.90 Å². The maximum atomic E-state index is 13.2. The van der Waals surface area contributed by atoms with Crippen LogP contribution in [0.15, 0.2) is 42.5 Å². The largest absolute Gasteiger partial charge is 0.364 e. The number of hydrogen-bond donors (Lipinski definition) is 0. The number of carbonyl (C=O) groups excluding carboxylic acids is 1. The van der Waals surface area contributed by atoms with Gasteiger partial charge >= 0.3 is 0 Å². The maximum absolute atomic E-state index is 13.2. The number of fused-ring (bicyclic) bond motifs is 1. The van der Waals surface area contributed by atoms with Gasteiger partial charge in [-0.15, -0.1) is 0 Å². The first-order chi connectivity index (χ1) is 10.1. The minimum Gasteiger partial charge on any atom is -0.364 e. The Balaban J connectivity index is 1.81. The summed E-state index contributed by atoms with van der Waals surface area (Å²) in [4.78, 5) is 14.3. The van der Waals surface area contributed by atoms with Crippen molar-refractivity contribution in [2.75, 3.05) is 18.0 Å². The number of Topliss-reactive ketones (excluding diaryl/α,β-unsaturated/α-hetero) is 1. The number of rotatable bonds is 3. The van der Waals surface area contributed by atoms with Gasteiger partial charge in [-0.05, 0) is 42.7 Å². The van der Waals surface area contributed by atoms with Crippen LogP contribution >= 0.6 is 0 Å². The lowest BCUT2D eigenvalue weighted by Gasteiger charge is -2.30. The standard InChI is InChI=1S/C17H15F2NO/c18-14-8-7-13(10-15(14)19)17(21)11-20-9-3-5-12-4-1-2-6-16(12)20/h1-2,4,6-8,10H,3,5,9,11H2. The fraction of sp³-hybridized carbons (Fsp3) is 0.235. The van der Waals surface area contributed by atoms with Crippen molar-refractivity contribution in [1.82, 2.24) is 0 Å². The van der Waals surface area contributed by atoms with E-state index < -0.39 is 11.6 Å². The van der Waals surface area contributed by atoms with Crippen molar-refractivity contribution in [1.29, 1.82) is 0 Å². The molecule has 0 radical (unpaired) electrons. The van der Waals surface area contributed by atoms with Crippen molar-refractivity contribution < 1.29 is 13.6 Å². The number of anilines is 1. The Labute approximate surface area is 122 Å². The van der Waals surface area contributed by atoms with Gasteiger partial charge in [0.1, 0.15) is 0 Å². The first-order valence-electron chi connectivity index (χ1n) is 6.96. The Kier molecular flexibility index (Phi) is 3.69. The third-order valence-corrected chi connectivity index (χ3v) is 3.78. The second kappa shape index (κ2) is 5.64. The average Bonchev–Trinajstić information content (AvgIpc) is 2.50. The smallest absolute Gasteiger partial charge is 0.182 e. The van der Waals surface area contributed by atoms with E-state index in [-0.39, 0.29) is 17.9 Å². The number of hydrogen-bond acceptors (Lipinski definition) is 2. The molecule has 0 saturated heterocycles. The van der Waals surface area contributed by atoms with E-state index >= 15 is 0 Å². The fourth-order valence-corrected chi connectivity index (χ4v) is 2.71. The van der Waals surface area contributed by atoms with Crippen molar-refractivity contribution in [3.63, 3.8) is 0 Å². The topological polar surface area (TPSA) is 20.3 Å². The Morgan fingerprint density at radius 3 is 2.71 bits per heavy atom. The van der Waals surface area contributed by atoms with Crippen LogP contribution in [0.5, 0.6) is 0 Å². The minimum absolute atomic E-state index is 0.183. The van der Waals surface area contributed by atoms with Gasteiger partial charge in [0, 0.05) is 17.8 Å². The Morgan fingerprint density at radius 2 is 1.90 bits per heavy atom. The van der Waals surface area contributed by atoms with Crippen molar-refractivity contribution in [3.05, 3.63) is 65.2 Å². The molecule has 0 aliphatic carbocycles. The van der Waals surface area contributed by atoms with Gasteiger partial charge in [0.2, 0.25) is 0 Å². The SMILES string of the molecule is O=C(CN1CCCc2ccccc21)c1ccc(F)c(F)c1. The lowest BCUT2D eigenvalue weighted by Crippen LogP contribution is -2.34. The molecule has 108 valence electrons. The first kappa shape index (κ1) is 13.7. The van der Waals surface area contributed by atoms with Crippen LogP contribution in [-0.4, -0.2) is 18.9 Å². The quantitative estimate of drug-likeness (QED) is 0.804. The van der Waals surface area contributed by atoms with Gasteiger partial charge in [-0.3, -0.25) is 4.79 Å². The van der Waals surface area contributed by atoms with Gasteiger partial charge < -0.3 is 4.90 Å². The zero-order valence-corrected chi connectivity index (χ0v) is 11.5. The molecule has 0 unspecified atom stereocenters. The van der Waals surface area contributed by atoms with Crippen molar-refractivity contribution in [2.24, 2.45) is 0 Å². The molecule has 2 aromatic rings. The normalized spacial score (nSPS) is 13.9. The minimum atomic E-state index is -0.986. The van der Waals surface area contributed by atoms with Gasteiger partial charge in [-0.1, -0.05) is 18.2 Å². The molecule has 21 heavy (non-hydrogen) atoms. The summed E-state index contributed by atoms with van der Waals surface area (Å²) in [5.41, 5.74) is 2.48. The van der Waals surface area contributed by atoms with E-state index in [2.05, 4.69) is 6.07 Å². The van der Waals surface area contributed by atoms with E-state index in [0.717, 1.165) is 37.2 Å². The molecular formula is C17H15F2NO. The summed E-state index contributed by atoms with van der Waals surface area (Å²) < 4.78 is 26.1. The number of para-hydroxylation sites is 1. The molecule has 0 bridgehead atoms. The zero-order valence-electron chi connectivity index (χ0n) is 11.5. The molecule has 0 fully saturated rings. The highest BCUT2D eigenvalue weighted by Gasteiger charge is 2.19. The van der Waals surface area contributed by atoms with Crippen molar-refractivity contribution in [2.45, 2.75) is 12.8 Å². The van der Waals surface area contributed by atoms with Gasteiger partial charge in [-0.25, -0.2) is 8.78 Å². The Bertz CT molecular complexity index is 684. The maximum Gasteiger partial charge on any atom is 0.182 e. The van der Waals surface area contributed by atoms with Crippen LogP contribution in [0.2, 0.25) is 0 Å². The van der Waals surface area contributed by atoms with Crippen LogP contribution in [0.4, 0.5) is 14.5 Å². The first-order valence-corrected chi connectivity index (χ1v) is 6.96. The molecule has 0 N–H and O–H groups in total. The lowest BCUT2D eigenvalue weighted by molar-refractivity contribution is 0.0998. The summed E-state index contributed by atoms with van der Waals surface area (Å²) in [5, 5.41) is 0. The van der Waals surface area contributed by atoms with Crippen LogP contribution in [0.1, 0.15) is 22.3 Å². The van der Waals surface area contributed by atoms with E-state index in [1.165, 1.54) is 11.6 Å². The monoisotopic (exact) mass is 287 g/mol. The highest BCUT2D eigenvalue weighted by atomic mass is 19.2. The zero-order chi connectivity index (χ0) is 14.8. The summed E-state index contributed by atoms with van der Waals surface area (Å²) in [7, 11) is 0. The average molecular weight is 287 g/mol. The third kappa shape index (κ3) is 2.79. The van der Waals surface area contributed by atoms with E-state index in [0.29, 0.717) is 0 Å². The van der Waals surface area contributed by atoms with Crippen LogP contribution in [0.3, 0.4) is 0 Å². The van der Waals surface area contributed by atoms with Crippen molar-refractivity contribution >= 4 is 11.5 Å². The van der Waals surface area contributed by atoms with Gasteiger partial charge in [0.25, 0.3) is 0 Å². The Hall–Kier alpha value is -2.23. The number of benzene rings is 2. The fourth-order valence-electron chi connectivity index (χ4n) is 2.71. The van der Waals surface area contributed by atoms with E-state index in [9.17, 15) is 13.6 Å². The molecule has 1 aliphatic heterocycles. The van der Waals surface area contributed by atoms with Crippen LogP contribution in [-0.2, 0) is 6.42 Å². The molecule has 0 aromatic heterocycles. The predicted molar refractivity (Wildman–Crippen MR) is 77.7 cm³/mol. The number of ketones is 1. The van der Waals surface area contributed by atoms with Gasteiger partial charge in [0.05, 0.1) is 6.54 Å². The molecule has 1 aliphatic rings. The number of nitrogens with zero attached hydrogens (tertiary/aromatic N) is 1. The molecule has 2 aromatic carbocycles. The molecule has 1 heterocycles. The molecule has 3 rings (SSSR count). The van der Waals surface area contributed by atoms with E-state index in [4.69, 9.17) is 0 Å². The molecule has 0 atom stereocenters. The van der Waals surface area contributed by atoms with Gasteiger partial charge in [0.15, 0.2) is 17.4 Å². The molecule has 0 amide bonds. The second-order valence-electron chi connectivity index (χ2n) is 5.21. The third-order valence-electron chi connectivity index (χ3n) is 3.78. The van der Waals surface area contributed by atoms with Gasteiger partial charge in [-0.2, -0.15) is 0 Å². The summed E-state index contributed by atoms with van der Waals surface area (Å²) in [5.74, 6) is -2.12. The predicted octanol–water partition coefficient (Wildman–Crippen LogP) is 3.60. The molecule has 4 heteroatoms. The molecule has 0 spiro atoms. The molecule has 0 saturated carbocycles. The number of aryl methyl sites for hydroxylation is 1. The highest BCUT2D eigenvalue weighted by molar-refractivity contribution is 5.99. The van der Waals surface area contributed by atoms with E-state index in [1.54, 1.807) is 0 Å². The lowest BCUT2D eigenvalue weighted by atomic mass is 10.0. The summed E-state index contributed by atoms with van der Waals surface area (Å²) >= 11 is 0. The summed E-state index contributed by atoms with van der Waals surface area (Å²) in [6, 6.07) is 11.3. The Morgan fingerprint density at radius 1 is 1.10 bits per heavy atom. The molecular weight excluding hydrogens is 272 g/mol. The van der Waals surface area contributed by atoms with E-state index in [1.807, 2.05) is 23.1 Å². The van der Waals surface area contributed by atoms with Crippen LogP contribution in [0.25, 0.3) is 0 Å². The second-order valence-corrected chi connectivity index (χ2v) is 5.21. The highest BCUT2D eigenvalue weighted by Crippen LogP contribution is 2.26. The van der Waals surface area contributed by atoms with Crippen LogP contribution in [0, 0.1) is 11.6 Å². The number of halogens is 2. The number of carbonyl (C=O) groups is 1. The van der Waals surface area contributed by atoms with Crippen molar-refractivity contribution in [3.8, 4) is 0 Å². The molecule has 2 nitrogen and oxygen atoms in total.